The number of thioether (sulfide) groups is 1. The van der Waals surface area contributed by atoms with E-state index in [4.69, 9.17) is 4.42 Å². The number of hydrogen-bond donors (Lipinski definition) is 1. The van der Waals surface area contributed by atoms with Gasteiger partial charge in [0.05, 0.1) is 31.7 Å². The fourth-order valence-corrected chi connectivity index (χ4v) is 5.38. The minimum absolute atomic E-state index is 0.138. The van der Waals surface area contributed by atoms with E-state index in [1.54, 1.807) is 22.7 Å². The molecule has 0 saturated heterocycles. The fourth-order valence-electron chi connectivity index (χ4n) is 3.21. The molecular formula is C23H19N5O2S3. The number of carbonyl (C=O) groups is 1. The van der Waals surface area contributed by atoms with Gasteiger partial charge in [-0.1, -0.05) is 36.0 Å². The Morgan fingerprint density at radius 3 is 2.85 bits per heavy atom. The third kappa shape index (κ3) is 5.47. The van der Waals surface area contributed by atoms with E-state index < -0.39 is 0 Å². The van der Waals surface area contributed by atoms with Crippen LogP contribution in [0.4, 0.5) is 5.69 Å². The number of amides is 1. The molecule has 0 fully saturated rings. The van der Waals surface area contributed by atoms with E-state index in [0.717, 1.165) is 38.9 Å². The molecule has 0 radical (unpaired) electrons. The molecule has 166 valence electrons. The summed E-state index contributed by atoms with van der Waals surface area (Å²) < 4.78 is 6.86. The maximum atomic E-state index is 12.4. The molecule has 3 aromatic heterocycles. The normalized spacial score (nSPS) is 11.2. The Morgan fingerprint density at radius 2 is 2.00 bits per heavy atom. The first kappa shape index (κ1) is 21.7. The van der Waals surface area contributed by atoms with E-state index in [0.29, 0.717) is 17.5 Å². The first-order valence-electron chi connectivity index (χ1n) is 10.2. The Morgan fingerprint density at radius 1 is 1.09 bits per heavy atom. The number of fused-ring (bicyclic) bond motifs is 1. The van der Waals surface area contributed by atoms with Crippen LogP contribution in [0, 0.1) is 6.92 Å². The van der Waals surface area contributed by atoms with Crippen molar-refractivity contribution in [3.8, 4) is 11.3 Å². The second kappa shape index (κ2) is 9.82. The van der Waals surface area contributed by atoms with Crippen LogP contribution in [-0.4, -0.2) is 31.8 Å². The van der Waals surface area contributed by atoms with Gasteiger partial charge in [-0.05, 0) is 31.2 Å². The molecule has 0 bridgehead atoms. The third-order valence-electron chi connectivity index (χ3n) is 4.73. The van der Waals surface area contributed by atoms with E-state index in [-0.39, 0.29) is 11.7 Å². The monoisotopic (exact) mass is 493 g/mol. The Labute approximate surface area is 202 Å². The van der Waals surface area contributed by atoms with Crippen molar-refractivity contribution in [1.29, 1.82) is 0 Å². The topological polar surface area (TPSA) is 93.8 Å². The molecule has 5 rings (SSSR count). The molecule has 0 unspecified atom stereocenters. The van der Waals surface area contributed by atoms with Crippen LogP contribution >= 0.6 is 34.4 Å². The maximum absolute atomic E-state index is 12.4. The third-order valence-corrected chi connectivity index (χ3v) is 7.42. The highest BCUT2D eigenvalue weighted by molar-refractivity contribution is 7.99. The average Bonchev–Trinajstić information content (AvgIpc) is 3.55. The molecular weight excluding hydrogens is 474 g/mol. The van der Waals surface area contributed by atoms with Crippen molar-refractivity contribution in [3.63, 3.8) is 0 Å². The largest absolute Gasteiger partial charge is 0.416 e. The molecule has 0 saturated carbocycles. The summed E-state index contributed by atoms with van der Waals surface area (Å²) in [5.41, 5.74) is 3.62. The zero-order valence-electron chi connectivity index (χ0n) is 17.6. The Bertz CT molecular complexity index is 1370. The van der Waals surface area contributed by atoms with E-state index in [1.165, 1.54) is 16.5 Å². The van der Waals surface area contributed by atoms with Crippen LogP contribution in [0.5, 0.6) is 0 Å². The standard InChI is InChI=1S/C23H19N5O2S3/c1-14-24-18(12-31-14)15-5-4-6-16(11-15)25-20(29)13-32-23-28-27-21(30-23)9-10-22-26-17-7-2-3-8-19(17)33-22/h2-8,11-12H,9-10,13H2,1H3,(H,25,29). The highest BCUT2D eigenvalue weighted by Gasteiger charge is 2.12. The highest BCUT2D eigenvalue weighted by atomic mass is 32.2. The van der Waals surface area contributed by atoms with Crippen molar-refractivity contribution in [3.05, 3.63) is 69.8 Å². The predicted molar refractivity (Wildman–Crippen MR) is 133 cm³/mol. The predicted octanol–water partition coefficient (Wildman–Crippen LogP) is 5.63. The summed E-state index contributed by atoms with van der Waals surface area (Å²) in [6.07, 6.45) is 1.35. The van der Waals surface area contributed by atoms with Crippen LogP contribution in [0.1, 0.15) is 15.9 Å². The Kier molecular flexibility index (Phi) is 6.47. The molecule has 3 heterocycles. The van der Waals surface area contributed by atoms with Crippen LogP contribution in [-0.2, 0) is 17.6 Å². The Balaban J connectivity index is 1.12. The number of hydrogen-bond acceptors (Lipinski definition) is 9. The molecule has 10 heteroatoms. The molecule has 0 aliphatic rings. The number of aromatic nitrogens is 4. The second-order valence-electron chi connectivity index (χ2n) is 7.21. The number of carbonyl (C=O) groups excluding carboxylic acids is 1. The number of thiazole rings is 2. The van der Waals surface area contributed by atoms with Gasteiger partial charge in [-0.25, -0.2) is 9.97 Å². The van der Waals surface area contributed by atoms with Crippen LogP contribution in [0.25, 0.3) is 21.5 Å². The quantitative estimate of drug-likeness (QED) is 0.280. The second-order valence-corrected chi connectivity index (χ2v) is 10.3. The lowest BCUT2D eigenvalue weighted by Crippen LogP contribution is -2.14. The van der Waals surface area contributed by atoms with Gasteiger partial charge in [0.15, 0.2) is 0 Å². The summed E-state index contributed by atoms with van der Waals surface area (Å²) in [6.45, 7) is 1.97. The summed E-state index contributed by atoms with van der Waals surface area (Å²) in [6, 6.07) is 15.7. The molecule has 7 nitrogen and oxygen atoms in total. The molecule has 0 atom stereocenters. The summed E-state index contributed by atoms with van der Waals surface area (Å²) in [4.78, 5) is 21.5. The van der Waals surface area contributed by atoms with E-state index in [1.807, 2.05) is 54.8 Å². The summed E-state index contributed by atoms with van der Waals surface area (Å²) in [5.74, 6) is 0.587. The van der Waals surface area contributed by atoms with Gasteiger partial charge in [-0.15, -0.1) is 32.9 Å². The van der Waals surface area contributed by atoms with Gasteiger partial charge in [0.1, 0.15) is 0 Å². The van der Waals surface area contributed by atoms with Gasteiger partial charge < -0.3 is 9.73 Å². The number of anilines is 1. The molecule has 5 aromatic rings. The van der Waals surface area contributed by atoms with Gasteiger partial charge in [0.2, 0.25) is 11.8 Å². The fraction of sp³-hybridized carbons (Fsp3) is 0.174. The number of aryl methyl sites for hydroxylation is 3. The van der Waals surface area contributed by atoms with Gasteiger partial charge in [-0.3, -0.25) is 4.79 Å². The zero-order valence-corrected chi connectivity index (χ0v) is 20.1. The van der Waals surface area contributed by atoms with Crippen LogP contribution in [0.3, 0.4) is 0 Å². The van der Waals surface area contributed by atoms with Gasteiger partial charge in [-0.2, -0.15) is 0 Å². The zero-order chi connectivity index (χ0) is 22.6. The number of rotatable bonds is 8. The summed E-state index contributed by atoms with van der Waals surface area (Å²) in [5, 5.41) is 15.5. The van der Waals surface area contributed by atoms with Gasteiger partial charge in [0, 0.05) is 29.5 Å². The van der Waals surface area contributed by atoms with Crippen molar-refractivity contribution >= 4 is 56.2 Å². The van der Waals surface area contributed by atoms with Crippen LogP contribution in [0.2, 0.25) is 0 Å². The summed E-state index contributed by atoms with van der Waals surface area (Å²) in [7, 11) is 0. The lowest BCUT2D eigenvalue weighted by molar-refractivity contribution is -0.113. The van der Waals surface area contributed by atoms with Crippen molar-refractivity contribution in [2.45, 2.75) is 25.0 Å². The van der Waals surface area contributed by atoms with E-state index in [9.17, 15) is 4.79 Å². The minimum Gasteiger partial charge on any atom is -0.416 e. The molecule has 2 aromatic carbocycles. The van der Waals surface area contributed by atoms with E-state index >= 15 is 0 Å². The highest BCUT2D eigenvalue weighted by Crippen LogP contribution is 2.25. The average molecular weight is 494 g/mol. The minimum atomic E-state index is -0.138. The summed E-state index contributed by atoms with van der Waals surface area (Å²) >= 11 is 4.50. The number of nitrogens with zero attached hydrogens (tertiary/aromatic N) is 4. The lowest BCUT2D eigenvalue weighted by Gasteiger charge is -2.05. The maximum Gasteiger partial charge on any atom is 0.277 e. The number of benzene rings is 2. The van der Waals surface area contributed by atoms with Gasteiger partial charge in [0.25, 0.3) is 5.22 Å². The molecule has 0 spiro atoms. The van der Waals surface area contributed by atoms with Crippen LogP contribution < -0.4 is 5.32 Å². The van der Waals surface area contributed by atoms with Crippen molar-refractivity contribution < 1.29 is 9.21 Å². The van der Waals surface area contributed by atoms with Crippen molar-refractivity contribution in [2.24, 2.45) is 0 Å². The smallest absolute Gasteiger partial charge is 0.277 e. The number of nitrogens with one attached hydrogen (secondary N) is 1. The van der Waals surface area contributed by atoms with Crippen molar-refractivity contribution in [1.82, 2.24) is 20.2 Å². The van der Waals surface area contributed by atoms with Crippen LogP contribution in [0.15, 0.2) is 63.6 Å². The molecule has 1 N–H and O–H groups in total. The Hall–Kier alpha value is -3.08. The van der Waals surface area contributed by atoms with E-state index in [2.05, 4.69) is 31.5 Å². The first-order chi connectivity index (χ1) is 16.1. The molecule has 0 aliphatic heterocycles. The van der Waals surface area contributed by atoms with Gasteiger partial charge >= 0.3 is 0 Å². The lowest BCUT2D eigenvalue weighted by atomic mass is 10.1. The molecule has 1 amide bonds. The number of para-hydroxylation sites is 1. The first-order valence-corrected chi connectivity index (χ1v) is 12.9. The SMILES string of the molecule is Cc1nc(-c2cccc(NC(=O)CSc3nnc(CCc4nc5ccccc5s4)o3)c2)cs1. The molecule has 33 heavy (non-hydrogen) atoms. The van der Waals surface area contributed by atoms with Crippen molar-refractivity contribution in [2.75, 3.05) is 11.1 Å². The molecule has 0 aliphatic carbocycles.